The molecule has 1 aliphatic carbocycles. The van der Waals surface area contributed by atoms with Crippen LogP contribution in [0.4, 0.5) is 0 Å². The Kier molecular flexibility index (Phi) is 5.02. The Balaban J connectivity index is 1.41. The standard InChI is InChI=1S/C16H20N4O4/c21-13(10-20-14(22)6-7-15(20)23)19-11-2-4-12(5-3-11)24-16-17-8-1-9-18-16/h1,8-9,11-12H,2-7,10H2,(H,19,21). The summed E-state index contributed by atoms with van der Waals surface area (Å²) in [7, 11) is 0. The molecule has 8 nitrogen and oxygen atoms in total. The number of likely N-dealkylation sites (tertiary alicyclic amines) is 1. The lowest BCUT2D eigenvalue weighted by Crippen LogP contribution is -2.45. The van der Waals surface area contributed by atoms with Crippen molar-refractivity contribution in [2.24, 2.45) is 0 Å². The average molecular weight is 332 g/mol. The van der Waals surface area contributed by atoms with Gasteiger partial charge >= 0.3 is 6.01 Å². The second-order valence-corrected chi connectivity index (χ2v) is 6.06. The summed E-state index contributed by atoms with van der Waals surface area (Å²) in [6, 6.07) is 2.15. The van der Waals surface area contributed by atoms with Crippen molar-refractivity contribution in [1.29, 1.82) is 0 Å². The van der Waals surface area contributed by atoms with Gasteiger partial charge in [-0.3, -0.25) is 19.3 Å². The minimum absolute atomic E-state index is 0.0434. The largest absolute Gasteiger partial charge is 0.460 e. The molecule has 1 N–H and O–H groups in total. The topological polar surface area (TPSA) is 101 Å². The SMILES string of the molecule is O=C(CN1C(=O)CCC1=O)NC1CCC(Oc2ncccn2)CC1. The zero-order chi connectivity index (χ0) is 16.9. The minimum Gasteiger partial charge on any atom is -0.460 e. The first kappa shape index (κ1) is 16.4. The van der Waals surface area contributed by atoms with Gasteiger partial charge in [0.15, 0.2) is 0 Å². The van der Waals surface area contributed by atoms with Gasteiger partial charge in [-0.05, 0) is 31.7 Å². The molecular weight excluding hydrogens is 312 g/mol. The highest BCUT2D eigenvalue weighted by molar-refractivity contribution is 6.04. The van der Waals surface area contributed by atoms with E-state index < -0.39 is 0 Å². The predicted molar refractivity (Wildman–Crippen MR) is 82.8 cm³/mol. The van der Waals surface area contributed by atoms with Crippen molar-refractivity contribution in [3.8, 4) is 6.01 Å². The first-order valence-corrected chi connectivity index (χ1v) is 8.18. The number of imide groups is 1. The van der Waals surface area contributed by atoms with Crippen LogP contribution in [0.1, 0.15) is 38.5 Å². The van der Waals surface area contributed by atoms with Gasteiger partial charge in [-0.25, -0.2) is 9.97 Å². The number of aromatic nitrogens is 2. The Morgan fingerprint density at radius 3 is 2.38 bits per heavy atom. The maximum absolute atomic E-state index is 12.0. The van der Waals surface area contributed by atoms with Gasteiger partial charge in [-0.2, -0.15) is 0 Å². The number of carbonyl (C=O) groups is 3. The maximum atomic E-state index is 12.0. The van der Waals surface area contributed by atoms with E-state index in [1.54, 1.807) is 18.5 Å². The number of amides is 3. The Bertz CT molecular complexity index is 598. The van der Waals surface area contributed by atoms with Crippen LogP contribution in [0.15, 0.2) is 18.5 Å². The third-order valence-electron chi connectivity index (χ3n) is 4.31. The number of carbonyl (C=O) groups excluding carboxylic acids is 3. The summed E-state index contributed by atoms with van der Waals surface area (Å²) in [6.45, 7) is -0.175. The van der Waals surface area contributed by atoms with Crippen molar-refractivity contribution in [3.05, 3.63) is 18.5 Å². The first-order chi connectivity index (χ1) is 11.6. The number of rotatable bonds is 5. The van der Waals surface area contributed by atoms with Gasteiger partial charge in [0.05, 0.1) is 0 Å². The fraction of sp³-hybridized carbons (Fsp3) is 0.562. The van der Waals surface area contributed by atoms with Gasteiger partial charge in [0.25, 0.3) is 0 Å². The lowest BCUT2D eigenvalue weighted by atomic mass is 9.93. The number of hydrogen-bond donors (Lipinski definition) is 1. The van der Waals surface area contributed by atoms with Gasteiger partial charge in [0.2, 0.25) is 17.7 Å². The molecule has 0 aromatic carbocycles. The van der Waals surface area contributed by atoms with Crippen molar-refractivity contribution in [1.82, 2.24) is 20.2 Å². The molecule has 3 amide bonds. The number of hydrogen-bond acceptors (Lipinski definition) is 6. The summed E-state index contributed by atoms with van der Waals surface area (Å²) in [5.41, 5.74) is 0. The van der Waals surface area contributed by atoms with E-state index in [4.69, 9.17) is 4.74 Å². The van der Waals surface area contributed by atoms with Crippen LogP contribution in [0.5, 0.6) is 6.01 Å². The Morgan fingerprint density at radius 2 is 1.75 bits per heavy atom. The molecule has 0 spiro atoms. The highest BCUT2D eigenvalue weighted by atomic mass is 16.5. The molecule has 24 heavy (non-hydrogen) atoms. The molecule has 1 aliphatic heterocycles. The summed E-state index contributed by atoms with van der Waals surface area (Å²) < 4.78 is 5.71. The van der Waals surface area contributed by atoms with Crippen molar-refractivity contribution >= 4 is 17.7 Å². The molecule has 3 rings (SSSR count). The molecule has 2 aliphatic rings. The molecule has 128 valence electrons. The maximum Gasteiger partial charge on any atom is 0.316 e. The van der Waals surface area contributed by atoms with Crippen LogP contribution < -0.4 is 10.1 Å². The van der Waals surface area contributed by atoms with E-state index in [0.717, 1.165) is 30.6 Å². The molecule has 0 bridgehead atoms. The summed E-state index contributed by atoms with van der Waals surface area (Å²) in [5.74, 6) is -0.820. The van der Waals surface area contributed by atoms with Crippen molar-refractivity contribution in [3.63, 3.8) is 0 Å². The third kappa shape index (κ3) is 4.06. The van der Waals surface area contributed by atoms with Gasteiger partial charge in [-0.15, -0.1) is 0 Å². The summed E-state index contributed by atoms with van der Waals surface area (Å²) >= 11 is 0. The Hall–Kier alpha value is -2.51. The first-order valence-electron chi connectivity index (χ1n) is 8.18. The number of nitrogens with zero attached hydrogens (tertiary/aromatic N) is 3. The molecule has 1 aromatic rings. The van der Waals surface area contributed by atoms with E-state index in [0.29, 0.717) is 6.01 Å². The summed E-state index contributed by atoms with van der Waals surface area (Å²) in [5, 5.41) is 2.90. The second kappa shape index (κ2) is 7.37. The lowest BCUT2D eigenvalue weighted by Gasteiger charge is -2.29. The lowest BCUT2D eigenvalue weighted by molar-refractivity contribution is -0.142. The Labute approximate surface area is 139 Å². The quantitative estimate of drug-likeness (QED) is 0.785. The molecule has 2 heterocycles. The molecule has 0 atom stereocenters. The van der Waals surface area contributed by atoms with Crippen molar-refractivity contribution in [2.75, 3.05) is 6.54 Å². The molecule has 8 heteroatoms. The van der Waals surface area contributed by atoms with Gasteiger partial charge in [0.1, 0.15) is 12.6 Å². The van der Waals surface area contributed by atoms with Crippen LogP contribution in [0.2, 0.25) is 0 Å². The molecule has 0 radical (unpaired) electrons. The fourth-order valence-electron chi connectivity index (χ4n) is 3.04. The zero-order valence-electron chi connectivity index (χ0n) is 13.3. The monoisotopic (exact) mass is 332 g/mol. The molecule has 1 saturated carbocycles. The average Bonchev–Trinajstić information content (AvgIpc) is 2.89. The van der Waals surface area contributed by atoms with Crippen LogP contribution in [0.25, 0.3) is 0 Å². The normalized spacial score (nSPS) is 24.1. The predicted octanol–water partition coefficient (Wildman–Crippen LogP) is 0.432. The zero-order valence-corrected chi connectivity index (χ0v) is 13.3. The van der Waals surface area contributed by atoms with Gasteiger partial charge in [0, 0.05) is 31.3 Å². The minimum atomic E-state index is -0.283. The fourth-order valence-corrected chi connectivity index (χ4v) is 3.04. The van der Waals surface area contributed by atoms with E-state index in [-0.39, 0.29) is 49.3 Å². The van der Waals surface area contributed by atoms with Crippen molar-refractivity contribution in [2.45, 2.75) is 50.7 Å². The highest BCUT2D eigenvalue weighted by Gasteiger charge is 2.31. The van der Waals surface area contributed by atoms with Gasteiger partial charge in [-0.1, -0.05) is 0 Å². The molecule has 0 unspecified atom stereocenters. The van der Waals surface area contributed by atoms with Crippen LogP contribution >= 0.6 is 0 Å². The van der Waals surface area contributed by atoms with E-state index in [1.165, 1.54) is 0 Å². The number of ether oxygens (including phenoxy) is 1. The van der Waals surface area contributed by atoms with Gasteiger partial charge < -0.3 is 10.1 Å². The molecular formula is C16H20N4O4. The third-order valence-corrected chi connectivity index (χ3v) is 4.31. The summed E-state index contributed by atoms with van der Waals surface area (Å²) in [6.07, 6.45) is 6.88. The van der Waals surface area contributed by atoms with Crippen molar-refractivity contribution < 1.29 is 19.1 Å². The van der Waals surface area contributed by atoms with Crippen LogP contribution in [-0.4, -0.2) is 51.3 Å². The van der Waals surface area contributed by atoms with E-state index in [1.807, 2.05) is 0 Å². The Morgan fingerprint density at radius 1 is 1.12 bits per heavy atom. The van der Waals surface area contributed by atoms with Crippen LogP contribution in [-0.2, 0) is 14.4 Å². The second-order valence-electron chi connectivity index (χ2n) is 6.06. The molecule has 1 aromatic heterocycles. The smallest absolute Gasteiger partial charge is 0.316 e. The highest BCUT2D eigenvalue weighted by Crippen LogP contribution is 2.22. The van der Waals surface area contributed by atoms with Crippen LogP contribution in [0.3, 0.4) is 0 Å². The molecule has 2 fully saturated rings. The summed E-state index contributed by atoms with van der Waals surface area (Å²) in [4.78, 5) is 44.2. The van der Waals surface area contributed by atoms with E-state index in [2.05, 4.69) is 15.3 Å². The van der Waals surface area contributed by atoms with E-state index >= 15 is 0 Å². The van der Waals surface area contributed by atoms with Crippen LogP contribution in [0, 0.1) is 0 Å². The van der Waals surface area contributed by atoms with E-state index in [9.17, 15) is 14.4 Å². The number of nitrogens with one attached hydrogen (secondary N) is 1. The molecule has 1 saturated heterocycles.